The van der Waals surface area contributed by atoms with Gasteiger partial charge in [-0.05, 0) is 38.5 Å². The molecule has 3 heteroatoms. The average Bonchev–Trinajstić information content (AvgIpc) is 2.21. The zero-order chi connectivity index (χ0) is 10.6. The highest BCUT2D eigenvalue weighted by atomic mass is 16.5. The van der Waals surface area contributed by atoms with E-state index in [2.05, 4.69) is 11.9 Å². The first-order valence-corrected chi connectivity index (χ1v) is 5.51. The zero-order valence-corrected chi connectivity index (χ0v) is 9.55. The lowest BCUT2D eigenvalue weighted by atomic mass is 9.78. The Morgan fingerprint density at radius 3 is 2.50 bits per heavy atom. The minimum absolute atomic E-state index is 0.254. The minimum Gasteiger partial charge on any atom is -0.385 e. The van der Waals surface area contributed by atoms with E-state index in [-0.39, 0.29) is 5.60 Å². The Morgan fingerprint density at radius 1 is 1.50 bits per heavy atom. The molecule has 0 aromatic carbocycles. The van der Waals surface area contributed by atoms with Crippen LogP contribution in [0.4, 0.5) is 0 Å². The van der Waals surface area contributed by atoms with Crippen molar-refractivity contribution < 1.29 is 4.74 Å². The maximum absolute atomic E-state index is 5.94. The van der Waals surface area contributed by atoms with Crippen molar-refractivity contribution in [3.05, 3.63) is 0 Å². The van der Waals surface area contributed by atoms with Gasteiger partial charge in [-0.2, -0.15) is 0 Å². The van der Waals surface area contributed by atoms with Crippen molar-refractivity contribution in [3.63, 3.8) is 0 Å². The number of amidine groups is 1. The van der Waals surface area contributed by atoms with Crippen molar-refractivity contribution in [2.24, 2.45) is 16.6 Å². The molecule has 1 fully saturated rings. The van der Waals surface area contributed by atoms with E-state index in [4.69, 9.17) is 10.5 Å². The van der Waals surface area contributed by atoms with Crippen LogP contribution < -0.4 is 5.73 Å². The summed E-state index contributed by atoms with van der Waals surface area (Å²) in [5, 5.41) is 0. The van der Waals surface area contributed by atoms with Crippen LogP contribution >= 0.6 is 0 Å². The van der Waals surface area contributed by atoms with Crippen molar-refractivity contribution in [3.8, 4) is 0 Å². The number of nitrogens with zero attached hydrogens (tertiary/aromatic N) is 1. The minimum atomic E-state index is -0.254. The number of ether oxygens (including phenoxy) is 1. The van der Waals surface area contributed by atoms with Crippen LogP contribution in [0.5, 0.6) is 0 Å². The lowest BCUT2D eigenvalue weighted by molar-refractivity contribution is -0.0201. The molecule has 1 rings (SSSR count). The molecule has 1 aliphatic carbocycles. The Hall–Kier alpha value is -0.570. The van der Waals surface area contributed by atoms with Crippen LogP contribution in [0.15, 0.2) is 4.99 Å². The molecule has 0 aromatic rings. The van der Waals surface area contributed by atoms with Crippen LogP contribution in [-0.4, -0.2) is 25.1 Å². The van der Waals surface area contributed by atoms with E-state index in [1.807, 2.05) is 6.92 Å². The van der Waals surface area contributed by atoms with Crippen LogP contribution in [0.3, 0.4) is 0 Å². The predicted molar refractivity (Wildman–Crippen MR) is 59.5 cm³/mol. The Kier molecular flexibility index (Phi) is 3.93. The number of rotatable bonds is 3. The smallest absolute Gasteiger partial charge is 0.126 e. The van der Waals surface area contributed by atoms with Crippen molar-refractivity contribution in [1.29, 1.82) is 0 Å². The quantitative estimate of drug-likeness (QED) is 0.556. The Labute approximate surface area is 86.7 Å². The molecule has 0 amide bonds. The fourth-order valence-electron chi connectivity index (χ4n) is 2.18. The third kappa shape index (κ3) is 2.27. The lowest BCUT2D eigenvalue weighted by Gasteiger charge is -2.38. The summed E-state index contributed by atoms with van der Waals surface area (Å²) in [4.78, 5) is 4.10. The molecule has 0 radical (unpaired) electrons. The van der Waals surface area contributed by atoms with Gasteiger partial charge in [0.25, 0.3) is 0 Å². The van der Waals surface area contributed by atoms with Gasteiger partial charge in [0.2, 0.25) is 0 Å². The molecule has 1 saturated carbocycles. The highest BCUT2D eigenvalue weighted by Gasteiger charge is 2.38. The monoisotopic (exact) mass is 198 g/mol. The molecule has 2 N–H and O–H groups in total. The van der Waals surface area contributed by atoms with Gasteiger partial charge in [-0.25, -0.2) is 0 Å². The lowest BCUT2D eigenvalue weighted by Crippen LogP contribution is -2.48. The summed E-state index contributed by atoms with van der Waals surface area (Å²) in [5.41, 5.74) is 5.69. The third-order valence-corrected chi connectivity index (χ3v) is 3.21. The van der Waals surface area contributed by atoms with Crippen LogP contribution in [0.2, 0.25) is 0 Å². The fraction of sp³-hybridized carbons (Fsp3) is 0.909. The molecule has 0 saturated heterocycles. The van der Waals surface area contributed by atoms with E-state index in [0.717, 1.165) is 18.8 Å². The number of aliphatic imine (C=N–C) groups is 1. The first kappa shape index (κ1) is 11.5. The maximum Gasteiger partial charge on any atom is 0.126 e. The van der Waals surface area contributed by atoms with Gasteiger partial charge in [-0.1, -0.05) is 6.92 Å². The second-order valence-corrected chi connectivity index (χ2v) is 4.22. The Balaban J connectivity index is 2.72. The normalized spacial score (nSPS) is 34.5. The molecule has 0 atom stereocenters. The Morgan fingerprint density at radius 2 is 2.07 bits per heavy atom. The van der Waals surface area contributed by atoms with Gasteiger partial charge in [-0.15, -0.1) is 0 Å². The van der Waals surface area contributed by atoms with Gasteiger partial charge in [0, 0.05) is 13.7 Å². The first-order chi connectivity index (χ1) is 6.64. The number of hydrogen-bond donors (Lipinski definition) is 1. The topological polar surface area (TPSA) is 47.6 Å². The zero-order valence-electron chi connectivity index (χ0n) is 9.55. The number of hydrogen-bond acceptors (Lipinski definition) is 2. The van der Waals surface area contributed by atoms with E-state index in [9.17, 15) is 0 Å². The molecule has 82 valence electrons. The fourth-order valence-corrected chi connectivity index (χ4v) is 2.18. The third-order valence-electron chi connectivity index (χ3n) is 3.21. The Bertz CT molecular complexity index is 205. The van der Waals surface area contributed by atoms with Gasteiger partial charge in [0.1, 0.15) is 11.4 Å². The van der Waals surface area contributed by atoms with E-state index in [1.54, 1.807) is 7.05 Å². The van der Waals surface area contributed by atoms with Crippen molar-refractivity contribution in [2.75, 3.05) is 13.7 Å². The molecular formula is C11H22N2O. The largest absolute Gasteiger partial charge is 0.385 e. The maximum atomic E-state index is 5.94. The van der Waals surface area contributed by atoms with E-state index in [0.29, 0.717) is 12.4 Å². The van der Waals surface area contributed by atoms with Crippen molar-refractivity contribution in [2.45, 2.75) is 45.1 Å². The molecule has 0 aliphatic heterocycles. The van der Waals surface area contributed by atoms with Crippen LogP contribution in [0.1, 0.15) is 39.5 Å². The van der Waals surface area contributed by atoms with E-state index < -0.39 is 0 Å². The van der Waals surface area contributed by atoms with Gasteiger partial charge < -0.3 is 10.5 Å². The van der Waals surface area contributed by atoms with Crippen molar-refractivity contribution >= 4 is 5.84 Å². The summed E-state index contributed by atoms with van der Waals surface area (Å²) >= 11 is 0. The standard InChI is InChI=1S/C11H22N2O/c1-4-14-11(10(12)13-3)7-5-9(2)6-8-11/h9H,4-8H2,1-3H3,(H2,12,13). The summed E-state index contributed by atoms with van der Waals surface area (Å²) in [7, 11) is 1.74. The van der Waals surface area contributed by atoms with E-state index >= 15 is 0 Å². The molecule has 14 heavy (non-hydrogen) atoms. The summed E-state index contributed by atoms with van der Waals surface area (Å²) in [6.45, 7) is 5.02. The summed E-state index contributed by atoms with van der Waals surface area (Å²) < 4.78 is 5.82. The average molecular weight is 198 g/mol. The molecule has 3 nitrogen and oxygen atoms in total. The molecule has 0 aromatic heterocycles. The molecular weight excluding hydrogens is 176 g/mol. The van der Waals surface area contributed by atoms with Crippen molar-refractivity contribution in [1.82, 2.24) is 0 Å². The second-order valence-electron chi connectivity index (χ2n) is 4.22. The second kappa shape index (κ2) is 4.78. The van der Waals surface area contributed by atoms with Crippen LogP contribution in [0, 0.1) is 5.92 Å². The van der Waals surface area contributed by atoms with Crippen LogP contribution in [0.25, 0.3) is 0 Å². The molecule has 0 unspecified atom stereocenters. The predicted octanol–water partition coefficient (Wildman–Crippen LogP) is 1.96. The highest BCUT2D eigenvalue weighted by molar-refractivity contribution is 5.89. The number of nitrogens with two attached hydrogens (primary N) is 1. The molecule has 0 bridgehead atoms. The molecule has 1 aliphatic rings. The summed E-state index contributed by atoms with van der Waals surface area (Å²) in [5.74, 6) is 1.47. The van der Waals surface area contributed by atoms with E-state index in [1.165, 1.54) is 12.8 Å². The first-order valence-electron chi connectivity index (χ1n) is 5.51. The van der Waals surface area contributed by atoms with Gasteiger partial charge in [0.05, 0.1) is 0 Å². The molecule has 0 spiro atoms. The summed E-state index contributed by atoms with van der Waals surface area (Å²) in [6.07, 6.45) is 4.42. The van der Waals surface area contributed by atoms with Gasteiger partial charge >= 0.3 is 0 Å². The van der Waals surface area contributed by atoms with Gasteiger partial charge in [-0.3, -0.25) is 4.99 Å². The highest BCUT2D eigenvalue weighted by Crippen LogP contribution is 2.34. The van der Waals surface area contributed by atoms with Crippen LogP contribution in [-0.2, 0) is 4.74 Å². The SMILES string of the molecule is CCOC1(C(N)=NC)CCC(C)CC1. The van der Waals surface area contributed by atoms with Gasteiger partial charge in [0.15, 0.2) is 0 Å². The molecule has 0 heterocycles. The summed E-state index contributed by atoms with van der Waals surface area (Å²) in [6, 6.07) is 0.